The number of carboxylic acid groups (broad SMARTS) is 1. The molecule has 2 rings (SSSR count). The van der Waals surface area contributed by atoms with Gasteiger partial charge in [-0.25, -0.2) is 14.3 Å². The van der Waals surface area contributed by atoms with Gasteiger partial charge >= 0.3 is 19.5 Å². The van der Waals surface area contributed by atoms with Crippen LogP contribution in [0.1, 0.15) is 55.3 Å². The van der Waals surface area contributed by atoms with Crippen LogP contribution in [-0.4, -0.2) is 35.8 Å². The van der Waals surface area contributed by atoms with Gasteiger partial charge in [-0.15, -0.1) is 11.3 Å². The van der Waals surface area contributed by atoms with E-state index >= 15 is 4.39 Å². The van der Waals surface area contributed by atoms with Crippen LogP contribution in [0.2, 0.25) is 0 Å². The first kappa shape index (κ1) is 23.5. The summed E-state index contributed by atoms with van der Waals surface area (Å²) in [7, 11) is -4.16. The number of halogens is 1. The lowest BCUT2D eigenvalue weighted by Gasteiger charge is -2.31. The van der Waals surface area contributed by atoms with Crippen LogP contribution in [0.4, 0.5) is 4.39 Å². The number of ether oxygens (including phenoxy) is 1. The fourth-order valence-corrected chi connectivity index (χ4v) is 5.67. The maximum absolute atomic E-state index is 15.4. The quantitative estimate of drug-likeness (QED) is 0.387. The van der Waals surface area contributed by atoms with Crippen molar-refractivity contribution in [1.82, 2.24) is 5.09 Å². The number of nitrogens with one attached hydrogen (secondary N) is 1. The molecular formula is C19H25FNO6PS. The predicted octanol–water partition coefficient (Wildman–Crippen LogP) is 5.12. The highest BCUT2D eigenvalue weighted by atomic mass is 32.1. The average molecular weight is 445 g/mol. The van der Waals surface area contributed by atoms with E-state index < -0.39 is 30.9 Å². The Bertz CT molecular complexity index is 944. The van der Waals surface area contributed by atoms with Crippen LogP contribution in [0.3, 0.4) is 0 Å². The van der Waals surface area contributed by atoms with Gasteiger partial charge in [0.25, 0.3) is 0 Å². The molecule has 1 unspecified atom stereocenters. The third-order valence-corrected chi connectivity index (χ3v) is 7.54. The summed E-state index contributed by atoms with van der Waals surface area (Å²) in [6.07, 6.45) is 0.621. The number of carbonyl (C=O) groups is 2. The van der Waals surface area contributed by atoms with Crippen LogP contribution in [0.5, 0.6) is 0 Å². The van der Waals surface area contributed by atoms with Crippen molar-refractivity contribution in [1.29, 1.82) is 0 Å². The van der Waals surface area contributed by atoms with Gasteiger partial charge in [0, 0.05) is 4.70 Å². The van der Waals surface area contributed by atoms with Gasteiger partial charge in [0.2, 0.25) is 5.91 Å². The van der Waals surface area contributed by atoms with Crippen LogP contribution in [-0.2, 0) is 18.6 Å². The number of thiophene rings is 1. The van der Waals surface area contributed by atoms with E-state index in [1.807, 2.05) is 6.92 Å². The fraction of sp³-hybridized carbons (Fsp3) is 0.474. The Morgan fingerprint density at radius 3 is 2.59 bits per heavy atom. The Labute approximate surface area is 172 Å². The zero-order chi connectivity index (χ0) is 21.8. The molecule has 0 radical (unpaired) electrons. The molecule has 0 fully saturated rings. The van der Waals surface area contributed by atoms with Crippen molar-refractivity contribution in [2.24, 2.45) is 0 Å². The molecule has 1 heterocycles. The number of benzene rings is 1. The number of alkyl halides is 1. The summed E-state index contributed by atoms with van der Waals surface area (Å²) in [4.78, 5) is 23.5. The molecular weight excluding hydrogens is 420 g/mol. The first-order chi connectivity index (χ1) is 13.5. The number of hydrogen-bond donors (Lipinski definition) is 2. The second kappa shape index (κ2) is 9.34. The number of hydrogen-bond acceptors (Lipinski definition) is 6. The van der Waals surface area contributed by atoms with Crippen LogP contribution in [0.15, 0.2) is 24.3 Å². The monoisotopic (exact) mass is 445 g/mol. The molecule has 0 bridgehead atoms. The highest BCUT2D eigenvalue weighted by Crippen LogP contribution is 2.59. The minimum absolute atomic E-state index is 0.0331. The number of rotatable bonds is 10. The van der Waals surface area contributed by atoms with Crippen LogP contribution >= 0.6 is 18.9 Å². The molecule has 0 aliphatic carbocycles. The normalized spacial score (nSPS) is 15.1. The Hall–Kier alpha value is -1.80. The lowest BCUT2D eigenvalue weighted by Crippen LogP contribution is -2.46. The van der Waals surface area contributed by atoms with E-state index in [9.17, 15) is 14.2 Å². The van der Waals surface area contributed by atoms with Gasteiger partial charge < -0.3 is 14.4 Å². The van der Waals surface area contributed by atoms with Crippen molar-refractivity contribution in [3.05, 3.63) is 34.7 Å². The number of carboxylic acids is 1. The molecule has 29 heavy (non-hydrogen) atoms. The minimum atomic E-state index is -4.16. The topological polar surface area (TPSA) is 102 Å². The molecule has 1 aromatic carbocycles. The Balaban J connectivity index is 2.35. The third kappa shape index (κ3) is 5.42. The molecule has 0 aliphatic rings. The molecule has 2 N–H and O–H groups in total. The Morgan fingerprint density at radius 2 is 2.00 bits per heavy atom. The van der Waals surface area contributed by atoms with Gasteiger partial charge in [0.05, 0.1) is 13.2 Å². The van der Waals surface area contributed by atoms with E-state index in [0.717, 1.165) is 11.3 Å². The summed E-state index contributed by atoms with van der Waals surface area (Å²) in [5.74, 6) is -3.79. The van der Waals surface area contributed by atoms with E-state index in [1.165, 1.54) is 32.0 Å². The number of aromatic carboxylic acids is 1. The predicted molar refractivity (Wildman–Crippen MR) is 110 cm³/mol. The summed E-state index contributed by atoms with van der Waals surface area (Å²) in [6, 6.07) is 5.89. The molecule has 2 atom stereocenters. The average Bonchev–Trinajstić information content (AvgIpc) is 3.08. The summed E-state index contributed by atoms with van der Waals surface area (Å²) in [5, 5.41) is 12.2. The number of carbonyl (C=O) groups excluding carboxylic acids is 1. The molecule has 10 heteroatoms. The van der Waals surface area contributed by atoms with Crippen LogP contribution < -0.4 is 5.09 Å². The maximum Gasteiger partial charge on any atom is 0.345 e. The van der Waals surface area contributed by atoms with Gasteiger partial charge in [-0.3, -0.25) is 9.36 Å². The molecule has 0 aliphatic heterocycles. The molecule has 2 aromatic rings. The van der Waals surface area contributed by atoms with Gasteiger partial charge in [-0.05, 0) is 56.3 Å². The lowest BCUT2D eigenvalue weighted by atomic mass is 10.1. The van der Waals surface area contributed by atoms with E-state index in [4.69, 9.17) is 14.4 Å². The van der Waals surface area contributed by atoms with Gasteiger partial charge in [0.15, 0.2) is 0 Å². The van der Waals surface area contributed by atoms with Gasteiger partial charge in [0.1, 0.15) is 10.4 Å². The number of fused-ring (bicyclic) bond motifs is 1. The molecule has 7 nitrogen and oxygen atoms in total. The molecule has 0 amide bonds. The van der Waals surface area contributed by atoms with Gasteiger partial charge in [-0.2, -0.15) is 0 Å². The van der Waals surface area contributed by atoms with Crippen LogP contribution in [0.25, 0.3) is 10.1 Å². The highest BCUT2D eigenvalue weighted by Gasteiger charge is 2.44. The highest BCUT2D eigenvalue weighted by molar-refractivity contribution is 7.57. The van der Waals surface area contributed by atoms with Crippen molar-refractivity contribution in [3.8, 4) is 0 Å². The summed E-state index contributed by atoms with van der Waals surface area (Å²) < 4.78 is 39.8. The molecule has 0 saturated heterocycles. The van der Waals surface area contributed by atoms with Crippen molar-refractivity contribution < 1.29 is 32.9 Å². The second-order valence-corrected chi connectivity index (χ2v) is 10.1. The first-order valence-electron chi connectivity index (χ1n) is 9.16. The third-order valence-electron chi connectivity index (χ3n) is 4.03. The first-order valence-corrected chi connectivity index (χ1v) is 11.7. The zero-order valence-electron chi connectivity index (χ0n) is 16.7. The summed E-state index contributed by atoms with van der Waals surface area (Å²) in [6.45, 7) is 6.48. The smallest absolute Gasteiger partial charge is 0.345 e. The van der Waals surface area contributed by atoms with Crippen molar-refractivity contribution in [3.63, 3.8) is 0 Å². The summed E-state index contributed by atoms with van der Waals surface area (Å²) in [5.41, 5.74) is -1.37. The Morgan fingerprint density at radius 1 is 1.31 bits per heavy atom. The molecule has 1 aromatic heterocycles. The zero-order valence-corrected chi connectivity index (χ0v) is 18.4. The standard InChI is InChI=1S/C19H25FNO6PS/c1-5-9-26-18(24)19(3,4)21-28(25,27-6-2)16(20)12-7-8-14-13(10-12)11-15(29-14)17(22)23/h7-8,10-11,16H,5-6,9H2,1-4H3,(H,21,25)(H,22,23)/t16-,28?/m1/s1. The van der Waals surface area contributed by atoms with E-state index in [1.54, 1.807) is 13.0 Å². The van der Waals surface area contributed by atoms with Gasteiger partial charge in [-0.1, -0.05) is 13.0 Å². The van der Waals surface area contributed by atoms with E-state index in [2.05, 4.69) is 5.09 Å². The van der Waals surface area contributed by atoms with Crippen molar-refractivity contribution in [2.45, 2.75) is 45.6 Å². The molecule has 160 valence electrons. The largest absolute Gasteiger partial charge is 0.477 e. The van der Waals surface area contributed by atoms with E-state index in [-0.39, 0.29) is 23.7 Å². The molecule has 0 saturated carbocycles. The molecule has 0 spiro atoms. The van der Waals surface area contributed by atoms with Crippen molar-refractivity contribution >= 4 is 40.9 Å². The van der Waals surface area contributed by atoms with E-state index in [0.29, 0.717) is 16.5 Å². The lowest BCUT2D eigenvalue weighted by molar-refractivity contribution is -0.149. The SMILES string of the molecule is CCCOC(=O)C(C)(C)NP(=O)(OCC)[C@@H](F)c1ccc2sc(C(=O)O)cc2c1. The maximum atomic E-state index is 15.4. The number of esters is 1. The van der Waals surface area contributed by atoms with Crippen molar-refractivity contribution in [2.75, 3.05) is 13.2 Å². The van der Waals surface area contributed by atoms with Crippen LogP contribution in [0, 0.1) is 0 Å². The summed E-state index contributed by atoms with van der Waals surface area (Å²) >= 11 is 1.07. The second-order valence-electron chi connectivity index (χ2n) is 6.94. The fourth-order valence-electron chi connectivity index (χ4n) is 2.67. The Kier molecular flexibility index (Phi) is 7.56. The minimum Gasteiger partial charge on any atom is -0.477 e.